The Morgan fingerprint density at radius 3 is 1.32 bits per heavy atom. The highest BCUT2D eigenvalue weighted by atomic mass is 16.5. The molecule has 0 rings (SSSR count). The van der Waals surface area contributed by atoms with Crippen molar-refractivity contribution in [2.45, 2.75) is 193 Å². The zero-order valence-electron chi connectivity index (χ0n) is 25.8. The molecule has 0 aromatic heterocycles. The fourth-order valence-corrected chi connectivity index (χ4v) is 5.10. The number of rotatable bonds is 32. The normalized spacial score (nSPS) is 11.5. The lowest BCUT2D eigenvalue weighted by atomic mass is 10.0. The second kappa shape index (κ2) is 34.2. The van der Waals surface area contributed by atoms with Crippen LogP contribution in [0.1, 0.15) is 193 Å². The molecule has 0 aromatic carbocycles. The molecule has 0 aromatic rings. The number of carbonyl (C=O) groups is 1. The molecule has 0 heterocycles. The van der Waals surface area contributed by atoms with E-state index in [9.17, 15) is 4.79 Å². The van der Waals surface area contributed by atoms with E-state index in [0.717, 1.165) is 25.7 Å². The first-order valence-electron chi connectivity index (χ1n) is 17.2. The average Bonchev–Trinajstić information content (AvgIpc) is 2.92. The lowest BCUT2D eigenvalue weighted by molar-refractivity contribution is -0.143. The third kappa shape index (κ3) is 33.2. The predicted molar refractivity (Wildman–Crippen MR) is 167 cm³/mol. The van der Waals surface area contributed by atoms with Crippen molar-refractivity contribution in [2.75, 3.05) is 13.2 Å². The van der Waals surface area contributed by atoms with E-state index in [-0.39, 0.29) is 5.97 Å². The summed E-state index contributed by atoms with van der Waals surface area (Å²) in [4.78, 5) is 11.9. The molecule has 3 nitrogen and oxygen atoms in total. The number of hydrogen-bond donors (Lipinski definition) is 1. The van der Waals surface area contributed by atoms with Gasteiger partial charge in [-0.25, -0.2) is 0 Å². The summed E-state index contributed by atoms with van der Waals surface area (Å²) in [6, 6.07) is 0. The van der Waals surface area contributed by atoms with E-state index < -0.39 is 0 Å². The van der Waals surface area contributed by atoms with Crippen LogP contribution >= 0.6 is 0 Å². The van der Waals surface area contributed by atoms with E-state index >= 15 is 0 Å². The minimum absolute atomic E-state index is 0.00848. The first kappa shape index (κ1) is 37.2. The number of allylic oxidation sites excluding steroid dienone is 2. The van der Waals surface area contributed by atoms with Gasteiger partial charge in [0.25, 0.3) is 0 Å². The molecular formula is C35H68O3. The van der Waals surface area contributed by atoms with E-state index in [4.69, 9.17) is 9.84 Å². The van der Waals surface area contributed by atoms with E-state index in [1.165, 1.54) is 154 Å². The fourth-order valence-electron chi connectivity index (χ4n) is 5.10. The second-order valence-corrected chi connectivity index (χ2v) is 11.6. The van der Waals surface area contributed by atoms with Crippen molar-refractivity contribution in [2.24, 2.45) is 0 Å². The van der Waals surface area contributed by atoms with Crippen LogP contribution in [0.3, 0.4) is 0 Å². The summed E-state index contributed by atoms with van der Waals surface area (Å²) in [7, 11) is 0. The Labute approximate surface area is 239 Å². The van der Waals surface area contributed by atoms with Crippen LogP contribution in [0, 0.1) is 0 Å². The topological polar surface area (TPSA) is 46.5 Å². The monoisotopic (exact) mass is 537 g/mol. The fraction of sp³-hybridized carbons (Fsp3) is 0.914. The zero-order valence-corrected chi connectivity index (χ0v) is 25.8. The molecule has 0 bridgehead atoms. The van der Waals surface area contributed by atoms with Crippen LogP contribution in [0.4, 0.5) is 0 Å². The number of ether oxygens (including phenoxy) is 1. The molecule has 0 spiro atoms. The van der Waals surface area contributed by atoms with Crippen molar-refractivity contribution >= 4 is 5.97 Å². The second-order valence-electron chi connectivity index (χ2n) is 11.6. The molecule has 0 amide bonds. The van der Waals surface area contributed by atoms with Crippen LogP contribution in [-0.2, 0) is 9.53 Å². The molecule has 0 aliphatic heterocycles. The number of hydrogen-bond acceptors (Lipinski definition) is 3. The van der Waals surface area contributed by atoms with Gasteiger partial charge in [0.15, 0.2) is 0 Å². The Morgan fingerprint density at radius 2 is 0.868 bits per heavy atom. The van der Waals surface area contributed by atoms with Gasteiger partial charge in [-0.05, 0) is 38.5 Å². The van der Waals surface area contributed by atoms with Crippen molar-refractivity contribution in [3.05, 3.63) is 12.2 Å². The Kier molecular flexibility index (Phi) is 33.5. The van der Waals surface area contributed by atoms with Crippen molar-refractivity contribution in [1.82, 2.24) is 0 Å². The van der Waals surface area contributed by atoms with E-state index in [2.05, 4.69) is 19.1 Å². The molecule has 0 unspecified atom stereocenters. The molecule has 0 saturated heterocycles. The van der Waals surface area contributed by atoms with Crippen LogP contribution in [0.15, 0.2) is 12.2 Å². The van der Waals surface area contributed by atoms with Gasteiger partial charge in [0.05, 0.1) is 6.61 Å². The summed E-state index contributed by atoms with van der Waals surface area (Å²) < 4.78 is 5.42. The molecule has 0 radical (unpaired) electrons. The Morgan fingerprint density at radius 1 is 0.500 bits per heavy atom. The first-order chi connectivity index (χ1) is 18.8. The number of carbonyl (C=O) groups excluding carboxylic acids is 1. The summed E-state index contributed by atoms with van der Waals surface area (Å²) in [6.07, 6.45) is 41.4. The van der Waals surface area contributed by atoms with Crippen molar-refractivity contribution in [1.29, 1.82) is 0 Å². The van der Waals surface area contributed by atoms with Crippen LogP contribution in [0.2, 0.25) is 0 Å². The minimum atomic E-state index is 0.00848. The summed E-state index contributed by atoms with van der Waals surface area (Å²) in [6.45, 7) is 3.22. The molecule has 3 heteroatoms. The van der Waals surface area contributed by atoms with Crippen molar-refractivity contribution in [3.8, 4) is 0 Å². The third-order valence-corrected chi connectivity index (χ3v) is 7.71. The highest BCUT2D eigenvalue weighted by Crippen LogP contribution is 2.15. The van der Waals surface area contributed by atoms with Gasteiger partial charge in [-0.3, -0.25) is 4.79 Å². The Bertz CT molecular complexity index is 474. The quantitative estimate of drug-likeness (QED) is 0.0528. The first-order valence-corrected chi connectivity index (χ1v) is 17.2. The molecule has 1 N–H and O–H groups in total. The predicted octanol–water partition coefficient (Wildman–Crippen LogP) is 11.4. The van der Waals surface area contributed by atoms with Gasteiger partial charge < -0.3 is 9.84 Å². The molecule has 0 aliphatic rings. The van der Waals surface area contributed by atoms with Crippen LogP contribution in [0.25, 0.3) is 0 Å². The van der Waals surface area contributed by atoms with Crippen LogP contribution < -0.4 is 0 Å². The Hall–Kier alpha value is -0.830. The maximum absolute atomic E-state index is 11.9. The van der Waals surface area contributed by atoms with Gasteiger partial charge in [0.1, 0.15) is 0 Å². The third-order valence-electron chi connectivity index (χ3n) is 7.71. The Balaban J connectivity index is 3.15. The van der Waals surface area contributed by atoms with Gasteiger partial charge in [0.2, 0.25) is 0 Å². The summed E-state index contributed by atoms with van der Waals surface area (Å²) in [5.74, 6) is 0.00848. The maximum Gasteiger partial charge on any atom is 0.305 e. The SMILES string of the molecule is CCCC/C=C\CCCCCCCC(=O)OCCCCCCCCCCCCCCCCCCCCCO. The van der Waals surface area contributed by atoms with Crippen molar-refractivity contribution in [3.63, 3.8) is 0 Å². The van der Waals surface area contributed by atoms with Gasteiger partial charge >= 0.3 is 5.97 Å². The van der Waals surface area contributed by atoms with E-state index in [1.54, 1.807) is 0 Å². The van der Waals surface area contributed by atoms with Crippen molar-refractivity contribution < 1.29 is 14.6 Å². The van der Waals surface area contributed by atoms with Gasteiger partial charge in [0, 0.05) is 13.0 Å². The van der Waals surface area contributed by atoms with E-state index in [0.29, 0.717) is 19.6 Å². The summed E-state index contributed by atoms with van der Waals surface area (Å²) in [5, 5.41) is 8.78. The van der Waals surface area contributed by atoms with Gasteiger partial charge in [-0.1, -0.05) is 160 Å². The minimum Gasteiger partial charge on any atom is -0.466 e. The zero-order chi connectivity index (χ0) is 27.6. The molecule has 0 atom stereocenters. The number of aliphatic hydroxyl groups excluding tert-OH is 1. The lowest BCUT2D eigenvalue weighted by Gasteiger charge is -2.06. The smallest absolute Gasteiger partial charge is 0.305 e. The molecule has 0 fully saturated rings. The highest BCUT2D eigenvalue weighted by Gasteiger charge is 2.02. The molecule has 0 aliphatic carbocycles. The number of unbranched alkanes of at least 4 members (excludes halogenated alkanes) is 25. The molecule has 38 heavy (non-hydrogen) atoms. The van der Waals surface area contributed by atoms with Gasteiger partial charge in [-0.15, -0.1) is 0 Å². The van der Waals surface area contributed by atoms with Crippen LogP contribution in [0.5, 0.6) is 0 Å². The number of esters is 1. The molecule has 226 valence electrons. The van der Waals surface area contributed by atoms with Gasteiger partial charge in [-0.2, -0.15) is 0 Å². The maximum atomic E-state index is 11.9. The van der Waals surface area contributed by atoms with Crippen LogP contribution in [-0.4, -0.2) is 24.3 Å². The molecule has 0 saturated carbocycles. The highest BCUT2D eigenvalue weighted by molar-refractivity contribution is 5.69. The molecular weight excluding hydrogens is 468 g/mol. The largest absolute Gasteiger partial charge is 0.466 e. The number of aliphatic hydroxyl groups is 1. The lowest BCUT2D eigenvalue weighted by Crippen LogP contribution is -2.05. The average molecular weight is 537 g/mol. The summed E-state index contributed by atoms with van der Waals surface area (Å²) >= 11 is 0. The standard InChI is InChI=1S/C35H68O3/c1-2-3-4-5-6-7-17-20-23-26-29-32-35(37)38-34-31-28-25-22-19-16-14-12-10-8-9-11-13-15-18-21-24-27-30-33-36/h5-6,36H,2-4,7-34H2,1H3/b6-5-. The van der Waals surface area contributed by atoms with E-state index in [1.807, 2.05) is 0 Å². The summed E-state index contributed by atoms with van der Waals surface area (Å²) in [5.41, 5.74) is 0.